The van der Waals surface area contributed by atoms with Crippen LogP contribution in [0.2, 0.25) is 5.02 Å². The molecule has 0 bridgehead atoms. The predicted octanol–water partition coefficient (Wildman–Crippen LogP) is 3.06. The molecule has 0 saturated carbocycles. The van der Waals surface area contributed by atoms with Crippen molar-refractivity contribution in [3.63, 3.8) is 0 Å². The number of carbonyl (C=O) groups is 1. The molecule has 1 spiro atoms. The summed E-state index contributed by atoms with van der Waals surface area (Å²) in [5, 5.41) is 22.0. The SMILES string of the molecule is N#Cc1ccc(N2C[C@H](C#N)[C@]3(C2)C(=O)Nc2ccccc23)cc1Cl. The number of amides is 1. The van der Waals surface area contributed by atoms with Gasteiger partial charge in [0.25, 0.3) is 0 Å². The highest BCUT2D eigenvalue weighted by molar-refractivity contribution is 6.32. The number of nitrogens with zero attached hydrogens (tertiary/aromatic N) is 3. The van der Waals surface area contributed by atoms with E-state index in [9.17, 15) is 10.1 Å². The van der Waals surface area contributed by atoms with Gasteiger partial charge in [-0.25, -0.2) is 0 Å². The largest absolute Gasteiger partial charge is 0.369 e. The highest BCUT2D eigenvalue weighted by Gasteiger charge is 2.57. The van der Waals surface area contributed by atoms with Crippen molar-refractivity contribution in [2.24, 2.45) is 5.92 Å². The van der Waals surface area contributed by atoms with Gasteiger partial charge in [0, 0.05) is 24.5 Å². The average Bonchev–Trinajstić information content (AvgIpc) is 3.15. The fourth-order valence-corrected chi connectivity index (χ4v) is 4.05. The van der Waals surface area contributed by atoms with Gasteiger partial charge in [0.2, 0.25) is 5.91 Å². The number of carbonyl (C=O) groups excluding carboxylic acids is 1. The quantitative estimate of drug-likeness (QED) is 0.858. The molecule has 122 valence electrons. The zero-order valence-corrected chi connectivity index (χ0v) is 13.9. The van der Waals surface area contributed by atoms with Gasteiger partial charge in [-0.3, -0.25) is 4.79 Å². The third-order valence-electron chi connectivity index (χ3n) is 5.09. The first-order chi connectivity index (χ1) is 12.1. The van der Waals surface area contributed by atoms with Crippen molar-refractivity contribution in [1.82, 2.24) is 0 Å². The van der Waals surface area contributed by atoms with Gasteiger partial charge in [-0.15, -0.1) is 0 Å². The minimum Gasteiger partial charge on any atom is -0.369 e. The van der Waals surface area contributed by atoms with E-state index in [1.807, 2.05) is 35.2 Å². The Bertz CT molecular complexity index is 974. The molecule has 2 heterocycles. The predicted molar refractivity (Wildman–Crippen MR) is 94.2 cm³/mol. The van der Waals surface area contributed by atoms with E-state index in [0.717, 1.165) is 16.9 Å². The lowest BCUT2D eigenvalue weighted by Gasteiger charge is -2.25. The number of hydrogen-bond acceptors (Lipinski definition) is 4. The van der Waals surface area contributed by atoms with Crippen molar-refractivity contribution in [1.29, 1.82) is 10.5 Å². The van der Waals surface area contributed by atoms with Crippen LogP contribution in [0.15, 0.2) is 42.5 Å². The minimum absolute atomic E-state index is 0.137. The molecule has 1 N–H and O–H groups in total. The van der Waals surface area contributed by atoms with Crippen molar-refractivity contribution in [2.45, 2.75) is 5.41 Å². The maximum absolute atomic E-state index is 12.8. The first kappa shape index (κ1) is 15.5. The monoisotopic (exact) mass is 348 g/mol. The number of nitriles is 2. The van der Waals surface area contributed by atoms with Crippen LogP contribution in [0.5, 0.6) is 0 Å². The van der Waals surface area contributed by atoms with Crippen molar-refractivity contribution in [3.8, 4) is 12.1 Å². The third-order valence-corrected chi connectivity index (χ3v) is 5.41. The molecule has 1 fully saturated rings. The lowest BCUT2D eigenvalue weighted by Crippen LogP contribution is -2.41. The van der Waals surface area contributed by atoms with Gasteiger partial charge in [0.05, 0.1) is 22.6 Å². The molecule has 2 aliphatic rings. The Morgan fingerprint density at radius 1 is 1.24 bits per heavy atom. The standard InChI is InChI=1S/C19H13ClN4O/c20-16-7-14(6-5-12(16)8-21)24-10-13(9-22)19(11-24)15-3-1-2-4-17(15)23-18(19)25/h1-7,13H,10-11H2,(H,23,25)/t13-,19-/m0/s1. The maximum atomic E-state index is 12.8. The fourth-order valence-electron chi connectivity index (χ4n) is 3.83. The van der Waals surface area contributed by atoms with Crippen LogP contribution in [0.4, 0.5) is 11.4 Å². The Hall–Kier alpha value is -3.02. The summed E-state index contributed by atoms with van der Waals surface area (Å²) in [5.41, 5.74) is 1.96. The van der Waals surface area contributed by atoms with E-state index < -0.39 is 11.3 Å². The van der Waals surface area contributed by atoms with E-state index >= 15 is 0 Å². The number of nitrogens with one attached hydrogen (secondary N) is 1. The third kappa shape index (κ3) is 2.10. The van der Waals surface area contributed by atoms with Gasteiger partial charge in [0.1, 0.15) is 11.5 Å². The highest BCUT2D eigenvalue weighted by Crippen LogP contribution is 2.48. The molecular formula is C19H13ClN4O. The Labute approximate surface area is 150 Å². The van der Waals surface area contributed by atoms with Crippen LogP contribution in [0, 0.1) is 28.6 Å². The molecule has 1 amide bonds. The molecule has 0 unspecified atom stereocenters. The number of rotatable bonds is 1. The van der Waals surface area contributed by atoms with E-state index in [0.29, 0.717) is 23.7 Å². The van der Waals surface area contributed by atoms with Gasteiger partial charge in [-0.1, -0.05) is 29.8 Å². The second-order valence-electron chi connectivity index (χ2n) is 6.31. The second kappa shape index (κ2) is 5.51. The molecular weight excluding hydrogens is 336 g/mol. The number of anilines is 2. The summed E-state index contributed by atoms with van der Waals surface area (Å²) in [5.74, 6) is -0.604. The molecule has 0 aliphatic carbocycles. The normalized spacial score (nSPS) is 23.9. The molecule has 0 aromatic heterocycles. The number of halogens is 1. The molecule has 1 saturated heterocycles. The van der Waals surface area contributed by atoms with E-state index in [4.69, 9.17) is 16.9 Å². The fraction of sp³-hybridized carbons (Fsp3) is 0.211. The van der Waals surface area contributed by atoms with Gasteiger partial charge in [0.15, 0.2) is 0 Å². The number of fused-ring (bicyclic) bond motifs is 2. The summed E-state index contributed by atoms with van der Waals surface area (Å²) < 4.78 is 0. The Morgan fingerprint density at radius 2 is 2.04 bits per heavy atom. The van der Waals surface area contributed by atoms with E-state index in [1.165, 1.54) is 0 Å². The average molecular weight is 349 g/mol. The van der Waals surface area contributed by atoms with E-state index in [1.54, 1.807) is 18.2 Å². The molecule has 2 aromatic rings. The molecule has 2 aromatic carbocycles. The summed E-state index contributed by atoms with van der Waals surface area (Å²) in [6.45, 7) is 0.830. The summed E-state index contributed by atoms with van der Waals surface area (Å²) >= 11 is 6.15. The first-order valence-corrected chi connectivity index (χ1v) is 8.23. The molecule has 2 atom stereocenters. The first-order valence-electron chi connectivity index (χ1n) is 7.85. The summed E-state index contributed by atoms with van der Waals surface area (Å²) in [7, 11) is 0. The summed E-state index contributed by atoms with van der Waals surface area (Å²) in [4.78, 5) is 14.8. The van der Waals surface area contributed by atoms with Crippen molar-refractivity contribution >= 4 is 28.9 Å². The van der Waals surface area contributed by atoms with Gasteiger partial charge < -0.3 is 10.2 Å². The molecule has 0 radical (unpaired) electrons. The zero-order valence-electron chi connectivity index (χ0n) is 13.2. The van der Waals surface area contributed by atoms with Crippen molar-refractivity contribution < 1.29 is 4.79 Å². The van der Waals surface area contributed by atoms with Gasteiger partial charge >= 0.3 is 0 Å². The highest BCUT2D eigenvalue weighted by atomic mass is 35.5. The van der Waals surface area contributed by atoms with Crippen molar-refractivity contribution in [2.75, 3.05) is 23.3 Å². The Kier molecular flexibility index (Phi) is 3.42. The summed E-state index contributed by atoms with van der Waals surface area (Å²) in [6, 6.07) is 17.0. The van der Waals surface area contributed by atoms with Crippen LogP contribution in [-0.4, -0.2) is 19.0 Å². The molecule has 6 heteroatoms. The Balaban J connectivity index is 1.78. The van der Waals surface area contributed by atoms with Crippen LogP contribution < -0.4 is 10.2 Å². The number of hydrogen-bond donors (Lipinski definition) is 1. The van der Waals surface area contributed by atoms with Crippen LogP contribution in [-0.2, 0) is 10.2 Å². The molecule has 4 rings (SSSR count). The maximum Gasteiger partial charge on any atom is 0.238 e. The number of benzene rings is 2. The van der Waals surface area contributed by atoms with Crippen LogP contribution in [0.1, 0.15) is 11.1 Å². The molecule has 25 heavy (non-hydrogen) atoms. The number of para-hydroxylation sites is 1. The van der Waals surface area contributed by atoms with Crippen molar-refractivity contribution in [3.05, 3.63) is 58.6 Å². The Morgan fingerprint density at radius 3 is 2.76 bits per heavy atom. The lowest BCUT2D eigenvalue weighted by molar-refractivity contribution is -0.120. The topological polar surface area (TPSA) is 79.9 Å². The van der Waals surface area contributed by atoms with Crippen LogP contribution in [0.25, 0.3) is 0 Å². The second-order valence-corrected chi connectivity index (χ2v) is 6.72. The minimum atomic E-state index is -0.883. The lowest BCUT2D eigenvalue weighted by atomic mass is 9.74. The zero-order chi connectivity index (χ0) is 17.6. The van der Waals surface area contributed by atoms with Crippen LogP contribution in [0.3, 0.4) is 0 Å². The molecule has 2 aliphatic heterocycles. The van der Waals surface area contributed by atoms with E-state index in [2.05, 4.69) is 11.4 Å². The summed E-state index contributed by atoms with van der Waals surface area (Å²) in [6.07, 6.45) is 0. The van der Waals surface area contributed by atoms with E-state index in [-0.39, 0.29) is 5.91 Å². The van der Waals surface area contributed by atoms with Gasteiger partial charge in [-0.05, 0) is 29.8 Å². The van der Waals surface area contributed by atoms with Crippen LogP contribution >= 0.6 is 11.6 Å². The smallest absolute Gasteiger partial charge is 0.238 e. The molecule has 5 nitrogen and oxygen atoms in total. The van der Waals surface area contributed by atoms with Gasteiger partial charge in [-0.2, -0.15) is 10.5 Å².